The molecule has 2 rings (SSSR count). The van der Waals surface area contributed by atoms with Gasteiger partial charge in [0, 0.05) is 12.6 Å². The molecule has 0 aliphatic heterocycles. The SMILES string of the molecule is CC[C@H](C)NC(=O)[C@@H](C)N(Cc1ccc(F)cc1)C(=O)CN(c1ccc(F)cc1)S(C)(=O)=O. The lowest BCUT2D eigenvalue weighted by Gasteiger charge is -2.32. The minimum absolute atomic E-state index is 0.0325. The third-order valence-electron chi connectivity index (χ3n) is 5.23. The molecule has 0 fully saturated rings. The Labute approximate surface area is 193 Å². The number of anilines is 1. The van der Waals surface area contributed by atoms with Gasteiger partial charge in [0.05, 0.1) is 11.9 Å². The number of nitrogens with zero attached hydrogens (tertiary/aromatic N) is 2. The van der Waals surface area contributed by atoms with Gasteiger partial charge in [0.1, 0.15) is 24.2 Å². The number of amides is 2. The molecule has 0 saturated carbocycles. The lowest BCUT2D eigenvalue weighted by atomic mass is 10.1. The highest BCUT2D eigenvalue weighted by Crippen LogP contribution is 2.19. The predicted molar refractivity (Wildman–Crippen MR) is 123 cm³/mol. The molecular formula is C23H29F2N3O4S. The molecule has 10 heteroatoms. The molecule has 0 aliphatic carbocycles. The zero-order valence-corrected chi connectivity index (χ0v) is 19.9. The normalized spacial score (nSPS) is 13.2. The van der Waals surface area contributed by atoms with Crippen LogP contribution >= 0.6 is 0 Å². The molecule has 33 heavy (non-hydrogen) atoms. The third-order valence-corrected chi connectivity index (χ3v) is 6.37. The maximum absolute atomic E-state index is 13.3. The first-order chi connectivity index (χ1) is 15.4. The second kappa shape index (κ2) is 11.2. The summed E-state index contributed by atoms with van der Waals surface area (Å²) in [5, 5.41) is 2.81. The van der Waals surface area contributed by atoms with Crippen LogP contribution in [0, 0.1) is 11.6 Å². The van der Waals surface area contributed by atoms with Gasteiger partial charge in [-0.15, -0.1) is 0 Å². The number of nitrogens with one attached hydrogen (secondary N) is 1. The fourth-order valence-electron chi connectivity index (χ4n) is 3.06. The Morgan fingerprint density at radius 3 is 1.97 bits per heavy atom. The van der Waals surface area contributed by atoms with Crippen LogP contribution in [0.4, 0.5) is 14.5 Å². The number of carbonyl (C=O) groups excluding carboxylic acids is 2. The molecule has 0 unspecified atom stereocenters. The molecule has 2 atom stereocenters. The number of sulfonamides is 1. The van der Waals surface area contributed by atoms with E-state index < -0.39 is 46.1 Å². The van der Waals surface area contributed by atoms with E-state index in [-0.39, 0.29) is 18.3 Å². The number of halogens is 2. The van der Waals surface area contributed by atoms with Crippen LogP contribution in [0.5, 0.6) is 0 Å². The summed E-state index contributed by atoms with van der Waals surface area (Å²) in [4.78, 5) is 27.3. The maximum Gasteiger partial charge on any atom is 0.244 e. The van der Waals surface area contributed by atoms with E-state index in [0.717, 1.165) is 22.7 Å². The number of hydrogen-bond donors (Lipinski definition) is 1. The zero-order chi connectivity index (χ0) is 24.8. The van der Waals surface area contributed by atoms with Crippen LogP contribution in [-0.4, -0.2) is 50.0 Å². The Bertz CT molecular complexity index is 1060. The fraction of sp³-hybridized carbons (Fsp3) is 0.391. The second-order valence-corrected chi connectivity index (χ2v) is 9.79. The summed E-state index contributed by atoms with van der Waals surface area (Å²) in [5.41, 5.74) is 0.686. The molecule has 0 aliphatic rings. The van der Waals surface area contributed by atoms with Gasteiger partial charge in [-0.1, -0.05) is 19.1 Å². The molecule has 0 bridgehead atoms. The van der Waals surface area contributed by atoms with Crippen molar-refractivity contribution in [3.63, 3.8) is 0 Å². The summed E-state index contributed by atoms with van der Waals surface area (Å²) in [7, 11) is -3.89. The Hall–Kier alpha value is -3.01. The minimum Gasteiger partial charge on any atom is -0.352 e. The van der Waals surface area contributed by atoms with Crippen LogP contribution in [0.2, 0.25) is 0 Å². The van der Waals surface area contributed by atoms with Crippen LogP contribution in [0.3, 0.4) is 0 Å². The molecular weight excluding hydrogens is 452 g/mol. The summed E-state index contributed by atoms with van der Waals surface area (Å²) in [6.07, 6.45) is 1.63. The highest BCUT2D eigenvalue weighted by molar-refractivity contribution is 7.92. The molecule has 7 nitrogen and oxygen atoms in total. The van der Waals surface area contributed by atoms with E-state index in [1.807, 2.05) is 13.8 Å². The Kier molecular flexibility index (Phi) is 8.92. The van der Waals surface area contributed by atoms with Crippen molar-refractivity contribution < 1.29 is 26.8 Å². The van der Waals surface area contributed by atoms with Crippen molar-refractivity contribution in [2.24, 2.45) is 0 Å². The van der Waals surface area contributed by atoms with Gasteiger partial charge in [0.15, 0.2) is 0 Å². The number of rotatable bonds is 10. The van der Waals surface area contributed by atoms with Crippen molar-refractivity contribution in [2.45, 2.75) is 45.8 Å². The van der Waals surface area contributed by atoms with Crippen molar-refractivity contribution in [3.8, 4) is 0 Å². The molecule has 0 spiro atoms. The van der Waals surface area contributed by atoms with E-state index >= 15 is 0 Å². The zero-order valence-electron chi connectivity index (χ0n) is 19.1. The van der Waals surface area contributed by atoms with Gasteiger partial charge in [-0.3, -0.25) is 13.9 Å². The van der Waals surface area contributed by atoms with Crippen molar-refractivity contribution in [1.29, 1.82) is 0 Å². The van der Waals surface area contributed by atoms with Crippen molar-refractivity contribution in [1.82, 2.24) is 10.2 Å². The Balaban J connectivity index is 2.36. The minimum atomic E-state index is -3.89. The van der Waals surface area contributed by atoms with E-state index in [1.165, 1.54) is 41.3 Å². The monoisotopic (exact) mass is 481 g/mol. The van der Waals surface area contributed by atoms with Gasteiger partial charge < -0.3 is 10.2 Å². The highest BCUT2D eigenvalue weighted by Gasteiger charge is 2.30. The number of benzene rings is 2. The van der Waals surface area contributed by atoms with Gasteiger partial charge in [0.25, 0.3) is 0 Å². The Morgan fingerprint density at radius 1 is 0.970 bits per heavy atom. The predicted octanol–water partition coefficient (Wildman–Crippen LogP) is 3.06. The van der Waals surface area contributed by atoms with Crippen LogP contribution in [0.15, 0.2) is 48.5 Å². The molecule has 0 saturated heterocycles. The van der Waals surface area contributed by atoms with E-state index in [9.17, 15) is 26.8 Å². The van der Waals surface area contributed by atoms with Crippen molar-refractivity contribution in [2.75, 3.05) is 17.1 Å². The molecule has 2 aromatic rings. The summed E-state index contributed by atoms with van der Waals surface area (Å²) in [6.45, 7) is 4.66. The molecule has 0 radical (unpaired) electrons. The van der Waals surface area contributed by atoms with Gasteiger partial charge in [0.2, 0.25) is 21.8 Å². The first-order valence-corrected chi connectivity index (χ1v) is 12.3. The summed E-state index contributed by atoms with van der Waals surface area (Å²) in [6, 6.07) is 9.12. The third kappa shape index (κ3) is 7.52. The first-order valence-electron chi connectivity index (χ1n) is 10.5. The van der Waals surface area contributed by atoms with Crippen molar-refractivity contribution >= 4 is 27.5 Å². The largest absolute Gasteiger partial charge is 0.352 e. The molecule has 2 aromatic carbocycles. The van der Waals surface area contributed by atoms with Gasteiger partial charge >= 0.3 is 0 Å². The standard InChI is InChI=1S/C23H29F2N3O4S/c1-5-16(2)26-23(30)17(3)27(14-18-6-8-19(24)9-7-18)22(29)15-28(33(4,31)32)21-12-10-20(25)11-13-21/h6-13,16-17H,5,14-15H2,1-4H3,(H,26,30)/t16-,17+/m0/s1. The Morgan fingerprint density at radius 2 is 1.48 bits per heavy atom. The molecule has 0 aromatic heterocycles. The van der Waals surface area contributed by atoms with E-state index in [1.54, 1.807) is 6.92 Å². The van der Waals surface area contributed by atoms with E-state index in [0.29, 0.717) is 12.0 Å². The van der Waals surface area contributed by atoms with Crippen LogP contribution in [0.1, 0.15) is 32.8 Å². The smallest absolute Gasteiger partial charge is 0.244 e. The summed E-state index contributed by atoms with van der Waals surface area (Å²) >= 11 is 0. The number of hydrogen-bond acceptors (Lipinski definition) is 4. The fourth-order valence-corrected chi connectivity index (χ4v) is 3.91. The summed E-state index contributed by atoms with van der Waals surface area (Å²) < 4.78 is 52.3. The molecule has 180 valence electrons. The molecule has 2 amide bonds. The van der Waals surface area contributed by atoms with E-state index in [2.05, 4.69) is 5.32 Å². The molecule has 1 N–H and O–H groups in total. The lowest BCUT2D eigenvalue weighted by molar-refractivity contribution is -0.139. The average Bonchev–Trinajstić information content (AvgIpc) is 2.76. The topological polar surface area (TPSA) is 86.8 Å². The maximum atomic E-state index is 13.3. The molecule has 0 heterocycles. The van der Waals surface area contributed by atoms with Gasteiger partial charge in [-0.2, -0.15) is 0 Å². The van der Waals surface area contributed by atoms with Crippen LogP contribution < -0.4 is 9.62 Å². The summed E-state index contributed by atoms with van der Waals surface area (Å²) in [5.74, 6) is -2.03. The van der Waals surface area contributed by atoms with E-state index in [4.69, 9.17) is 0 Å². The lowest BCUT2D eigenvalue weighted by Crippen LogP contribution is -2.52. The van der Waals surface area contributed by atoms with Gasteiger partial charge in [-0.05, 0) is 62.2 Å². The quantitative estimate of drug-likeness (QED) is 0.565. The van der Waals surface area contributed by atoms with Crippen LogP contribution in [0.25, 0.3) is 0 Å². The van der Waals surface area contributed by atoms with Crippen LogP contribution in [-0.2, 0) is 26.2 Å². The highest BCUT2D eigenvalue weighted by atomic mass is 32.2. The van der Waals surface area contributed by atoms with Gasteiger partial charge in [-0.25, -0.2) is 17.2 Å². The number of carbonyl (C=O) groups is 2. The average molecular weight is 482 g/mol. The first kappa shape index (κ1) is 26.2. The van der Waals surface area contributed by atoms with Crippen molar-refractivity contribution in [3.05, 3.63) is 65.7 Å². The second-order valence-electron chi connectivity index (χ2n) is 7.89.